The number of carbonyl (C=O) groups excluding carboxylic acids is 11. The van der Waals surface area contributed by atoms with Gasteiger partial charge in [0.05, 0.1) is 45.6 Å². The number of nitrogens with two attached hydrogens (primary N) is 9. The molecule has 0 unspecified atom stereocenters. The van der Waals surface area contributed by atoms with Gasteiger partial charge in [-0.25, -0.2) is 0 Å². The summed E-state index contributed by atoms with van der Waals surface area (Å²) in [7, 11) is 4.43. The van der Waals surface area contributed by atoms with E-state index < -0.39 is 137 Å². The fourth-order valence-electron chi connectivity index (χ4n) is 13.9. The van der Waals surface area contributed by atoms with E-state index in [1.54, 1.807) is 36.7 Å². The Balaban J connectivity index is 1.01. The highest BCUT2D eigenvalue weighted by molar-refractivity contribution is 8.00. The Morgan fingerprint density at radius 2 is 1.08 bits per heavy atom. The average Bonchev–Trinajstić information content (AvgIpc) is 1.56. The number of aliphatic imine (C=N–C) groups is 2. The number of H-pyrrole nitrogens is 1. The molecule has 27 N–H and O–H groups in total. The van der Waals surface area contributed by atoms with Crippen LogP contribution < -0.4 is 118 Å². The number of benzene rings is 3. The number of methoxy groups -OCH3 is 3. The summed E-state index contributed by atoms with van der Waals surface area (Å²) in [5, 5.41) is 22.7. The first kappa shape index (κ1) is 92.6. The number of aromatic nitrogens is 1. The van der Waals surface area contributed by atoms with Gasteiger partial charge in [0.1, 0.15) is 48.4 Å². The molecular weight excluding hydrogens is 1550 g/mol. The number of para-hydroxylation sites is 1. The molecule has 12 atom stereocenters. The molecule has 638 valence electrons. The summed E-state index contributed by atoms with van der Waals surface area (Å²) in [5.74, 6) is -8.76. The van der Waals surface area contributed by atoms with Crippen LogP contribution in [0.3, 0.4) is 0 Å². The first-order valence-corrected chi connectivity index (χ1v) is 41.2. The molecule has 2 aliphatic heterocycles. The number of thioether (sulfide) groups is 2. The maximum atomic E-state index is 14.9. The number of primary amides is 1. The highest BCUT2D eigenvalue weighted by atomic mass is 32.2. The maximum Gasteiger partial charge on any atom is 0.316 e. The van der Waals surface area contributed by atoms with Crippen LogP contribution in [0.4, 0.5) is 0 Å². The van der Waals surface area contributed by atoms with Crippen molar-refractivity contribution in [2.75, 3.05) is 97.5 Å². The molecule has 116 heavy (non-hydrogen) atoms. The number of amides is 9. The predicted octanol–water partition coefficient (Wildman–Crippen LogP) is -1.62. The van der Waals surface area contributed by atoms with Crippen LogP contribution in [-0.2, 0) is 68.6 Å². The molecule has 38 nitrogen and oxygen atoms in total. The van der Waals surface area contributed by atoms with Crippen LogP contribution in [0.2, 0.25) is 0 Å². The Kier molecular flexibility index (Phi) is 37.9. The molecular formula is C76H114N20O18S2. The number of ether oxygens (including phenoxy) is 7. The second-order valence-electron chi connectivity index (χ2n) is 28.1. The third-order valence-electron chi connectivity index (χ3n) is 19.8. The lowest BCUT2D eigenvalue weighted by Gasteiger charge is -2.38. The van der Waals surface area contributed by atoms with E-state index in [1.165, 1.54) is 33.1 Å². The number of hydrogen-bond acceptors (Lipinski definition) is 26. The summed E-state index contributed by atoms with van der Waals surface area (Å²) in [4.78, 5) is 166. The molecule has 1 aromatic heterocycles. The monoisotopic (exact) mass is 1660 g/mol. The van der Waals surface area contributed by atoms with E-state index in [9.17, 15) is 52.7 Å². The quantitative estimate of drug-likeness (QED) is 0.0102. The van der Waals surface area contributed by atoms with Gasteiger partial charge in [-0.15, -0.1) is 11.8 Å². The van der Waals surface area contributed by atoms with Gasteiger partial charge in [0.25, 0.3) is 0 Å². The number of guanidine groups is 2. The minimum atomic E-state index is -1.41. The predicted molar refractivity (Wildman–Crippen MR) is 436 cm³/mol. The van der Waals surface area contributed by atoms with Crippen LogP contribution in [0.25, 0.3) is 10.9 Å². The molecule has 0 radical (unpaired) electrons. The van der Waals surface area contributed by atoms with Gasteiger partial charge in [-0.2, -0.15) is 11.8 Å². The Bertz CT molecular complexity index is 4050. The largest absolute Gasteiger partial charge is 0.493 e. The summed E-state index contributed by atoms with van der Waals surface area (Å²) in [6, 6.07) is 4.03. The summed E-state index contributed by atoms with van der Waals surface area (Å²) in [6.07, 6.45) is 5.18. The van der Waals surface area contributed by atoms with Crippen molar-refractivity contribution in [1.82, 2.24) is 47.5 Å². The molecule has 40 heteroatoms. The van der Waals surface area contributed by atoms with Crippen molar-refractivity contribution in [3.05, 3.63) is 77.0 Å². The van der Waals surface area contributed by atoms with E-state index in [-0.39, 0.29) is 127 Å². The van der Waals surface area contributed by atoms with Gasteiger partial charge in [-0.1, -0.05) is 18.2 Å². The number of hydrogen-bond donors (Lipinski definition) is 18. The van der Waals surface area contributed by atoms with Gasteiger partial charge in [0, 0.05) is 72.7 Å². The number of cyclic esters (lactones) is 1. The van der Waals surface area contributed by atoms with Crippen molar-refractivity contribution in [3.8, 4) is 28.7 Å². The van der Waals surface area contributed by atoms with Crippen LogP contribution >= 0.6 is 23.5 Å². The number of unbranched alkanes of at least 4 members (excludes halogenated alkanes) is 3. The van der Waals surface area contributed by atoms with E-state index in [0.29, 0.717) is 108 Å². The standard InChI is InChI=1S/C76H114N20O18S2/c1-108-58-32-41(33-59(109-2)65(58)110-3)62-44-34-56-57(113-40-112-56)35-45(44)64(46-37-111-74(107)63(46)62)114-61(98)39-116-38-47(80)67(100)86-29-22-60(97)90-50(20-13-27-87-75(82)83)68(101)93-53(21-14-28-88-76(84)85)70(103)95-54(23-30-115-4)72(105)92-52(19-9-12-26-79)71(104)96-55(31-42-36-89-48-16-6-5-15-43(42)48)73(106)94-51(18-8-11-25-78)69(102)91-49(66(81)99)17-7-10-24-77/h5-6,15-16,32-36,46-47,49-55,62-64,89H,7-14,17-31,37-40,77-80H2,1-4H3,(H2,81,99)(H,86,100)(H,90,97)(H,91,102)(H,92,105)(H,93,101)(H,94,106)(H,95,103)(H,96,104)(H4,82,83,87)(H4,84,85,88)/t46-,47-,49-,50-,51-,52-,53-,54-,55-,62+,63-,64-/m0/s1. The molecule has 4 aromatic rings. The van der Waals surface area contributed by atoms with Crippen molar-refractivity contribution in [1.29, 1.82) is 0 Å². The third-order valence-corrected chi connectivity index (χ3v) is 21.5. The van der Waals surface area contributed by atoms with Crippen LogP contribution in [0.5, 0.6) is 28.7 Å². The van der Waals surface area contributed by atoms with E-state index in [2.05, 4.69) is 57.5 Å². The number of aromatic amines is 1. The van der Waals surface area contributed by atoms with Gasteiger partial charge < -0.3 is 132 Å². The molecule has 7 rings (SSSR count). The molecule has 0 bridgehead atoms. The Labute approximate surface area is 681 Å². The van der Waals surface area contributed by atoms with Crippen LogP contribution in [0.1, 0.15) is 131 Å². The summed E-state index contributed by atoms with van der Waals surface area (Å²) >= 11 is 2.37. The van der Waals surface area contributed by atoms with Crippen molar-refractivity contribution < 1.29 is 85.9 Å². The minimum Gasteiger partial charge on any atom is -0.493 e. The number of carbonyl (C=O) groups is 11. The lowest BCUT2D eigenvalue weighted by molar-refractivity contribution is -0.151. The van der Waals surface area contributed by atoms with Gasteiger partial charge in [0.15, 0.2) is 34.9 Å². The number of rotatable bonds is 52. The summed E-state index contributed by atoms with van der Waals surface area (Å²) in [5.41, 5.74) is 55.1. The smallest absolute Gasteiger partial charge is 0.316 e. The van der Waals surface area contributed by atoms with Gasteiger partial charge in [-0.3, -0.25) is 62.7 Å². The topological polar surface area (TPSA) is 623 Å². The van der Waals surface area contributed by atoms with Gasteiger partial charge in [-0.05, 0) is 169 Å². The molecule has 3 heterocycles. The minimum absolute atomic E-state index is 0.0110. The number of fused-ring (bicyclic) bond motifs is 4. The van der Waals surface area contributed by atoms with E-state index in [0.717, 1.165) is 22.7 Å². The molecule has 1 fully saturated rings. The van der Waals surface area contributed by atoms with E-state index >= 15 is 0 Å². The molecule has 1 aliphatic carbocycles. The highest BCUT2D eigenvalue weighted by Crippen LogP contribution is 2.57. The van der Waals surface area contributed by atoms with Gasteiger partial charge >= 0.3 is 11.9 Å². The first-order chi connectivity index (χ1) is 55.8. The first-order valence-electron chi connectivity index (χ1n) is 38.6. The maximum absolute atomic E-state index is 14.9. The second-order valence-corrected chi connectivity index (χ2v) is 30.2. The normalized spacial score (nSPS) is 17.1. The van der Waals surface area contributed by atoms with Gasteiger partial charge in [0.2, 0.25) is 65.7 Å². The summed E-state index contributed by atoms with van der Waals surface area (Å²) < 4.78 is 40.3. The molecule has 0 saturated carbocycles. The lowest BCUT2D eigenvalue weighted by Crippen LogP contribution is -2.60. The van der Waals surface area contributed by atoms with E-state index in [4.69, 9.17) is 84.8 Å². The fraction of sp³-hybridized carbons (Fsp3) is 0.566. The Morgan fingerprint density at radius 1 is 0.586 bits per heavy atom. The fourth-order valence-corrected chi connectivity index (χ4v) is 15.1. The molecule has 3 aliphatic rings. The van der Waals surface area contributed by atoms with Crippen molar-refractivity contribution in [3.63, 3.8) is 0 Å². The average molecular weight is 1660 g/mol. The zero-order chi connectivity index (χ0) is 84.4. The van der Waals surface area contributed by atoms with Crippen molar-refractivity contribution >= 4 is 111 Å². The lowest BCUT2D eigenvalue weighted by atomic mass is 9.66. The second kappa shape index (κ2) is 47.5. The molecule has 1 saturated heterocycles. The Morgan fingerprint density at radius 3 is 1.59 bits per heavy atom. The van der Waals surface area contributed by atoms with Crippen LogP contribution in [0, 0.1) is 11.8 Å². The molecule has 9 amide bonds. The molecule has 3 aromatic carbocycles. The van der Waals surface area contributed by atoms with Crippen LogP contribution in [-0.4, -0.2) is 228 Å². The number of nitrogens with zero attached hydrogens (tertiary/aromatic N) is 2. The number of nitrogens with one attached hydrogen (secondary N) is 9. The third kappa shape index (κ3) is 27.3. The SMILES string of the molecule is COc1cc([C@@H]2c3cc4c(cc3[C@H](OC(=O)CSC[C@H](N)C(=O)NCCC(=O)N[C@@H](CCCN=C(N)N)C(=O)N[C@@H](CCCN=C(N)N)C(=O)N[C@@H](CCSC)C(=O)N[C@@H](CCCCN)C(=O)N[C@@H](Cc3c[nH]c5ccccc35)C(=O)N[C@@H](CCCCN)C(=O)N[C@@H](CCCCN)C(N)=O)[C@H]3COC(=O)[C@H]23)OCO4)cc(OC)c1OC. The zero-order valence-corrected chi connectivity index (χ0v) is 67.6. The van der Waals surface area contributed by atoms with E-state index in [1.807, 2.05) is 24.3 Å². The Hall–Kier alpha value is -10.5. The van der Waals surface area contributed by atoms with Crippen LogP contribution in [0.15, 0.2) is 64.7 Å². The number of esters is 2. The van der Waals surface area contributed by atoms with Crippen molar-refractivity contribution in [2.24, 2.45) is 73.4 Å². The summed E-state index contributed by atoms with van der Waals surface area (Å²) in [6.45, 7) is 0.546. The molecule has 0 spiro atoms. The highest BCUT2D eigenvalue weighted by Gasteiger charge is 2.54. The van der Waals surface area contributed by atoms with Crippen molar-refractivity contribution in [2.45, 2.75) is 163 Å². The zero-order valence-electron chi connectivity index (χ0n) is 66.0.